The second kappa shape index (κ2) is 6.31. The van der Waals surface area contributed by atoms with Crippen molar-refractivity contribution in [1.29, 1.82) is 0 Å². The number of hydrogen-bond donors (Lipinski definition) is 2. The third-order valence-electron chi connectivity index (χ3n) is 3.38. The number of amides is 1. The van der Waals surface area contributed by atoms with Gasteiger partial charge in [-0.15, -0.1) is 5.10 Å². The first kappa shape index (κ1) is 14.8. The number of carbonyl (C=O) groups excluding carboxylic acids is 1. The summed E-state index contributed by atoms with van der Waals surface area (Å²) in [5.41, 5.74) is 2.43. The van der Waals surface area contributed by atoms with E-state index in [9.17, 15) is 4.79 Å². The van der Waals surface area contributed by atoms with Crippen molar-refractivity contribution in [3.63, 3.8) is 0 Å². The molecule has 116 valence electrons. The summed E-state index contributed by atoms with van der Waals surface area (Å²) in [6.07, 6.45) is 0. The molecule has 0 spiro atoms. The molecule has 3 rings (SSSR count). The lowest BCUT2D eigenvalue weighted by atomic mass is 10.2. The van der Waals surface area contributed by atoms with Gasteiger partial charge >= 0.3 is 0 Å². The maximum absolute atomic E-state index is 12.3. The lowest BCUT2D eigenvalue weighted by Crippen LogP contribution is -2.15. The number of nitrogens with zero attached hydrogens (tertiary/aromatic N) is 3. The Morgan fingerprint density at radius 3 is 2.61 bits per heavy atom. The van der Waals surface area contributed by atoms with Crippen molar-refractivity contribution in [3.05, 3.63) is 60.2 Å². The van der Waals surface area contributed by atoms with Crippen LogP contribution in [0.2, 0.25) is 0 Å². The molecule has 0 atom stereocenters. The van der Waals surface area contributed by atoms with E-state index in [0.717, 1.165) is 11.3 Å². The normalized spacial score (nSPS) is 10.3. The zero-order chi connectivity index (χ0) is 16.2. The van der Waals surface area contributed by atoms with Gasteiger partial charge in [-0.3, -0.25) is 15.2 Å². The van der Waals surface area contributed by atoms with Crippen LogP contribution >= 0.6 is 0 Å². The molecule has 0 saturated heterocycles. The number of benzene rings is 2. The van der Waals surface area contributed by atoms with E-state index in [2.05, 4.69) is 20.5 Å². The van der Waals surface area contributed by atoms with Crippen LogP contribution in [-0.4, -0.2) is 35.2 Å². The zero-order valence-electron chi connectivity index (χ0n) is 12.9. The number of rotatable bonds is 4. The summed E-state index contributed by atoms with van der Waals surface area (Å²) in [6.45, 7) is 0. The molecule has 6 nitrogen and oxygen atoms in total. The third kappa shape index (κ3) is 3.37. The minimum absolute atomic E-state index is 0.243. The zero-order valence-corrected chi connectivity index (χ0v) is 12.9. The maximum atomic E-state index is 12.3. The van der Waals surface area contributed by atoms with Crippen LogP contribution < -0.4 is 10.2 Å². The van der Waals surface area contributed by atoms with Crippen molar-refractivity contribution in [2.24, 2.45) is 0 Å². The molecule has 0 aliphatic heterocycles. The van der Waals surface area contributed by atoms with Crippen LogP contribution in [0.25, 0.3) is 11.4 Å². The molecule has 23 heavy (non-hydrogen) atoms. The predicted molar refractivity (Wildman–Crippen MR) is 90.5 cm³/mol. The van der Waals surface area contributed by atoms with E-state index in [0.29, 0.717) is 11.4 Å². The van der Waals surface area contributed by atoms with E-state index < -0.39 is 0 Å². The fraction of sp³-hybridized carbons (Fsp3) is 0.118. The lowest BCUT2D eigenvalue weighted by molar-refractivity contribution is 0.102. The van der Waals surface area contributed by atoms with Gasteiger partial charge in [-0.05, 0) is 18.2 Å². The van der Waals surface area contributed by atoms with E-state index >= 15 is 0 Å². The first-order valence-corrected chi connectivity index (χ1v) is 7.20. The van der Waals surface area contributed by atoms with Gasteiger partial charge in [0.1, 0.15) is 0 Å². The largest absolute Gasteiger partial charge is 0.378 e. The molecule has 0 radical (unpaired) electrons. The molecule has 1 amide bonds. The summed E-state index contributed by atoms with van der Waals surface area (Å²) in [5, 5.41) is 9.57. The number of aromatic nitrogens is 3. The molecule has 0 unspecified atom stereocenters. The summed E-state index contributed by atoms with van der Waals surface area (Å²) < 4.78 is 0. The lowest BCUT2D eigenvalue weighted by Gasteiger charge is -2.13. The van der Waals surface area contributed by atoms with E-state index in [1.54, 1.807) is 6.07 Å². The standard InChI is InChI=1S/C17H17N5O/c1-22(2)14-10-6-9-13(11-14)16(23)19-17-18-15(20-21-17)12-7-4-3-5-8-12/h3-11H,1-2H3,(H2,18,19,20,21,23). The highest BCUT2D eigenvalue weighted by atomic mass is 16.1. The molecular formula is C17H17N5O. The van der Waals surface area contributed by atoms with E-state index in [-0.39, 0.29) is 11.9 Å². The Balaban J connectivity index is 1.76. The Hall–Kier alpha value is -3.15. The Morgan fingerprint density at radius 1 is 1.09 bits per heavy atom. The number of anilines is 2. The number of nitrogens with one attached hydrogen (secondary N) is 2. The molecule has 2 aromatic carbocycles. The first-order chi connectivity index (χ1) is 11.1. The van der Waals surface area contributed by atoms with E-state index in [1.807, 2.05) is 67.5 Å². The van der Waals surface area contributed by atoms with Crippen LogP contribution in [-0.2, 0) is 0 Å². The van der Waals surface area contributed by atoms with Crippen molar-refractivity contribution >= 4 is 17.5 Å². The average Bonchev–Trinajstić information content (AvgIpc) is 3.04. The van der Waals surface area contributed by atoms with E-state index in [4.69, 9.17) is 0 Å². The van der Waals surface area contributed by atoms with Crippen LogP contribution in [0.4, 0.5) is 11.6 Å². The van der Waals surface area contributed by atoms with Crippen LogP contribution in [0.1, 0.15) is 10.4 Å². The van der Waals surface area contributed by atoms with Gasteiger partial charge in [0.05, 0.1) is 0 Å². The number of aromatic amines is 1. The molecule has 3 aromatic rings. The molecular weight excluding hydrogens is 290 g/mol. The van der Waals surface area contributed by atoms with Crippen LogP contribution in [0, 0.1) is 0 Å². The second-order valence-electron chi connectivity index (χ2n) is 5.27. The number of hydrogen-bond acceptors (Lipinski definition) is 4. The Labute approximate surface area is 134 Å². The number of carbonyl (C=O) groups is 1. The fourth-order valence-corrected chi connectivity index (χ4v) is 2.14. The minimum atomic E-state index is -0.243. The van der Waals surface area contributed by atoms with Gasteiger partial charge in [-0.1, -0.05) is 36.4 Å². The Bertz CT molecular complexity index is 811. The van der Waals surface area contributed by atoms with Crippen molar-refractivity contribution in [1.82, 2.24) is 15.2 Å². The fourth-order valence-electron chi connectivity index (χ4n) is 2.14. The summed E-state index contributed by atoms with van der Waals surface area (Å²) in [5.74, 6) is 0.624. The predicted octanol–water partition coefficient (Wildman–Crippen LogP) is 2.79. The highest BCUT2D eigenvalue weighted by molar-refractivity contribution is 6.03. The first-order valence-electron chi connectivity index (χ1n) is 7.20. The molecule has 2 N–H and O–H groups in total. The average molecular weight is 307 g/mol. The number of H-pyrrole nitrogens is 1. The smallest absolute Gasteiger partial charge is 0.258 e. The van der Waals surface area contributed by atoms with Gasteiger partial charge in [0, 0.05) is 30.9 Å². The quantitative estimate of drug-likeness (QED) is 0.777. The van der Waals surface area contributed by atoms with Gasteiger partial charge in [-0.25, -0.2) is 0 Å². The van der Waals surface area contributed by atoms with E-state index in [1.165, 1.54) is 0 Å². The molecule has 0 aliphatic carbocycles. The maximum Gasteiger partial charge on any atom is 0.258 e. The topological polar surface area (TPSA) is 73.9 Å². The van der Waals surface area contributed by atoms with Crippen molar-refractivity contribution in [2.45, 2.75) is 0 Å². The van der Waals surface area contributed by atoms with Gasteiger partial charge in [0.15, 0.2) is 5.82 Å². The molecule has 0 bridgehead atoms. The summed E-state index contributed by atoms with van der Waals surface area (Å²) in [7, 11) is 3.86. The van der Waals surface area contributed by atoms with Crippen LogP contribution in [0.5, 0.6) is 0 Å². The molecule has 0 fully saturated rings. The highest BCUT2D eigenvalue weighted by Gasteiger charge is 2.11. The highest BCUT2D eigenvalue weighted by Crippen LogP contribution is 2.17. The third-order valence-corrected chi connectivity index (χ3v) is 3.38. The minimum Gasteiger partial charge on any atom is -0.378 e. The van der Waals surface area contributed by atoms with Gasteiger partial charge in [-0.2, -0.15) is 4.98 Å². The van der Waals surface area contributed by atoms with Crippen LogP contribution in [0.15, 0.2) is 54.6 Å². The monoisotopic (exact) mass is 307 g/mol. The molecule has 0 aliphatic rings. The van der Waals surface area contributed by atoms with Crippen molar-refractivity contribution < 1.29 is 4.79 Å². The molecule has 0 saturated carbocycles. The van der Waals surface area contributed by atoms with Gasteiger partial charge in [0.2, 0.25) is 5.95 Å². The molecule has 6 heteroatoms. The van der Waals surface area contributed by atoms with Crippen molar-refractivity contribution in [2.75, 3.05) is 24.3 Å². The summed E-state index contributed by atoms with van der Waals surface area (Å²) in [6, 6.07) is 17.0. The Morgan fingerprint density at radius 2 is 1.87 bits per heavy atom. The SMILES string of the molecule is CN(C)c1cccc(C(=O)Nc2n[nH]c(-c3ccccc3)n2)c1. The molecule has 1 aromatic heterocycles. The van der Waals surface area contributed by atoms with Crippen molar-refractivity contribution in [3.8, 4) is 11.4 Å². The second-order valence-corrected chi connectivity index (χ2v) is 5.27. The summed E-state index contributed by atoms with van der Waals surface area (Å²) >= 11 is 0. The van der Waals surface area contributed by atoms with Gasteiger partial charge in [0.25, 0.3) is 5.91 Å². The molecule has 1 heterocycles. The van der Waals surface area contributed by atoms with Crippen LogP contribution in [0.3, 0.4) is 0 Å². The Kier molecular flexibility index (Phi) is 4.05. The van der Waals surface area contributed by atoms with Gasteiger partial charge < -0.3 is 4.90 Å². The summed E-state index contributed by atoms with van der Waals surface area (Å²) in [4.78, 5) is 18.5.